The summed E-state index contributed by atoms with van der Waals surface area (Å²) in [5.41, 5.74) is 1.30. The maximum absolute atomic E-state index is 12.7. The van der Waals surface area contributed by atoms with E-state index in [9.17, 15) is 14.7 Å². The topological polar surface area (TPSA) is 88.9 Å². The molecule has 3 aliphatic rings. The van der Waals surface area contributed by atoms with Crippen LogP contribution in [0.4, 0.5) is 4.79 Å². The molecule has 3 aliphatic heterocycles. The number of aromatic hydroxyl groups is 1. The summed E-state index contributed by atoms with van der Waals surface area (Å²) in [4.78, 5) is 31.2. The molecule has 4 rings (SSSR count). The molecule has 9 heteroatoms. The lowest BCUT2D eigenvalue weighted by Crippen LogP contribution is -2.44. The van der Waals surface area contributed by atoms with Crippen LogP contribution >= 0.6 is 0 Å². The van der Waals surface area contributed by atoms with Gasteiger partial charge in [-0.15, -0.1) is 0 Å². The summed E-state index contributed by atoms with van der Waals surface area (Å²) < 4.78 is 5.58. The molecule has 0 unspecified atom stereocenters. The molecule has 0 saturated carbocycles. The normalized spacial score (nSPS) is 22.0. The molecular formula is C21H29N5O4. The molecule has 1 aromatic rings. The van der Waals surface area contributed by atoms with E-state index < -0.39 is 0 Å². The van der Waals surface area contributed by atoms with Gasteiger partial charge in [0.05, 0.1) is 12.3 Å². The lowest BCUT2D eigenvalue weighted by molar-refractivity contribution is -0.125. The summed E-state index contributed by atoms with van der Waals surface area (Å²) in [7, 11) is 2.14. The van der Waals surface area contributed by atoms with E-state index in [4.69, 9.17) is 4.74 Å². The molecule has 0 radical (unpaired) electrons. The fraction of sp³-hybridized carbons (Fsp3) is 0.571. The fourth-order valence-electron chi connectivity index (χ4n) is 4.01. The highest BCUT2D eigenvalue weighted by atomic mass is 16.5. The minimum Gasteiger partial charge on any atom is -0.508 e. The standard InChI is InChI=1S/C21H29N5O4/c1-23-9-11-24(12-10-23)7-2-3-8-25-20(28)15-26(21(25)29)22-18-6-13-30-19-5-4-16(27)14-17(18)19/h4-5,14,27H,2-3,6-13,15H2,1H3/b22-18+. The Bertz CT molecular complexity index is 835. The first-order chi connectivity index (χ1) is 14.5. The van der Waals surface area contributed by atoms with Crippen LogP contribution in [0.5, 0.6) is 11.5 Å². The number of carbonyl (C=O) groups excluding carboxylic acids is 2. The first-order valence-corrected chi connectivity index (χ1v) is 10.6. The summed E-state index contributed by atoms with van der Waals surface area (Å²) in [5.74, 6) is 0.515. The number of piperazine rings is 1. The number of fused-ring (bicyclic) bond motifs is 1. The number of carbonyl (C=O) groups is 2. The molecule has 1 N–H and O–H groups in total. The average Bonchev–Trinajstić information content (AvgIpc) is 3.00. The predicted octanol–water partition coefficient (Wildman–Crippen LogP) is 1.17. The largest absolute Gasteiger partial charge is 0.508 e. The number of amides is 3. The van der Waals surface area contributed by atoms with Crippen LogP contribution in [0.2, 0.25) is 0 Å². The van der Waals surface area contributed by atoms with E-state index >= 15 is 0 Å². The zero-order chi connectivity index (χ0) is 21.1. The van der Waals surface area contributed by atoms with Gasteiger partial charge in [0.1, 0.15) is 18.0 Å². The lowest BCUT2D eigenvalue weighted by Gasteiger charge is -2.32. The van der Waals surface area contributed by atoms with Crippen molar-refractivity contribution in [3.8, 4) is 11.5 Å². The third-order valence-corrected chi connectivity index (χ3v) is 5.85. The molecule has 2 saturated heterocycles. The molecule has 162 valence electrons. The van der Waals surface area contributed by atoms with E-state index in [0.29, 0.717) is 36.6 Å². The van der Waals surface area contributed by atoms with Gasteiger partial charge < -0.3 is 19.6 Å². The number of hydrogen-bond donors (Lipinski definition) is 1. The summed E-state index contributed by atoms with van der Waals surface area (Å²) in [5, 5.41) is 15.4. The number of urea groups is 1. The second-order valence-electron chi connectivity index (χ2n) is 8.06. The van der Waals surface area contributed by atoms with Gasteiger partial charge in [-0.05, 0) is 44.6 Å². The van der Waals surface area contributed by atoms with Crippen molar-refractivity contribution >= 4 is 17.6 Å². The second kappa shape index (κ2) is 9.01. The molecule has 9 nitrogen and oxygen atoms in total. The minimum atomic E-state index is -0.375. The fourth-order valence-corrected chi connectivity index (χ4v) is 4.01. The maximum atomic E-state index is 12.7. The van der Waals surface area contributed by atoms with Gasteiger partial charge in [0.2, 0.25) is 0 Å². The number of rotatable bonds is 6. The van der Waals surface area contributed by atoms with Crippen LogP contribution in [0.25, 0.3) is 0 Å². The quantitative estimate of drug-likeness (QED) is 0.554. The zero-order valence-corrected chi connectivity index (χ0v) is 17.4. The Labute approximate surface area is 176 Å². The van der Waals surface area contributed by atoms with E-state index in [2.05, 4.69) is 21.9 Å². The number of imide groups is 1. The second-order valence-corrected chi connectivity index (χ2v) is 8.06. The van der Waals surface area contributed by atoms with Crippen molar-refractivity contribution < 1.29 is 19.4 Å². The van der Waals surface area contributed by atoms with E-state index in [1.807, 2.05) is 0 Å². The van der Waals surface area contributed by atoms with Crippen molar-refractivity contribution in [1.29, 1.82) is 0 Å². The average molecular weight is 415 g/mol. The van der Waals surface area contributed by atoms with Gasteiger partial charge in [-0.25, -0.2) is 9.80 Å². The highest BCUT2D eigenvalue weighted by Crippen LogP contribution is 2.29. The van der Waals surface area contributed by atoms with Crippen LogP contribution in [0.1, 0.15) is 24.8 Å². The van der Waals surface area contributed by atoms with E-state index in [1.54, 1.807) is 18.2 Å². The molecule has 30 heavy (non-hydrogen) atoms. The van der Waals surface area contributed by atoms with Gasteiger partial charge in [0.15, 0.2) is 0 Å². The van der Waals surface area contributed by atoms with Crippen molar-refractivity contribution in [2.45, 2.75) is 19.3 Å². The molecule has 3 heterocycles. The first-order valence-electron chi connectivity index (χ1n) is 10.6. The molecule has 3 amide bonds. The van der Waals surface area contributed by atoms with Crippen LogP contribution < -0.4 is 4.74 Å². The lowest BCUT2D eigenvalue weighted by atomic mass is 10.0. The van der Waals surface area contributed by atoms with Crippen molar-refractivity contribution in [2.24, 2.45) is 5.10 Å². The number of ether oxygens (including phenoxy) is 1. The summed E-state index contributed by atoms with van der Waals surface area (Å²) in [6.07, 6.45) is 2.26. The zero-order valence-electron chi connectivity index (χ0n) is 17.4. The number of unbranched alkanes of at least 4 members (excludes halogenated alkanes) is 1. The third-order valence-electron chi connectivity index (χ3n) is 5.85. The van der Waals surface area contributed by atoms with Crippen molar-refractivity contribution in [3.05, 3.63) is 23.8 Å². The predicted molar refractivity (Wildman–Crippen MR) is 112 cm³/mol. The van der Waals surface area contributed by atoms with E-state index in [0.717, 1.165) is 45.6 Å². The van der Waals surface area contributed by atoms with Crippen molar-refractivity contribution in [2.75, 3.05) is 59.5 Å². The van der Waals surface area contributed by atoms with Crippen LogP contribution in [0.3, 0.4) is 0 Å². The van der Waals surface area contributed by atoms with Crippen molar-refractivity contribution in [1.82, 2.24) is 19.7 Å². The summed E-state index contributed by atoms with van der Waals surface area (Å²) in [6, 6.07) is 4.44. The Morgan fingerprint density at radius 3 is 2.67 bits per heavy atom. The van der Waals surface area contributed by atoms with Crippen LogP contribution in [0, 0.1) is 0 Å². The Hall–Kier alpha value is -2.65. The molecule has 0 aliphatic carbocycles. The third kappa shape index (κ3) is 4.57. The van der Waals surface area contributed by atoms with Gasteiger partial charge in [-0.1, -0.05) is 0 Å². The van der Waals surface area contributed by atoms with Crippen LogP contribution in [-0.2, 0) is 4.79 Å². The maximum Gasteiger partial charge on any atom is 0.347 e. The van der Waals surface area contributed by atoms with Crippen LogP contribution in [0.15, 0.2) is 23.3 Å². The number of likely N-dealkylation sites (N-methyl/N-ethyl adjacent to an activating group) is 1. The van der Waals surface area contributed by atoms with E-state index in [1.165, 1.54) is 9.91 Å². The van der Waals surface area contributed by atoms with Crippen LogP contribution in [-0.4, -0.2) is 102 Å². The van der Waals surface area contributed by atoms with Gasteiger partial charge in [0.25, 0.3) is 5.91 Å². The van der Waals surface area contributed by atoms with E-state index in [-0.39, 0.29) is 24.2 Å². The Morgan fingerprint density at radius 1 is 1.10 bits per heavy atom. The minimum absolute atomic E-state index is 0.0458. The van der Waals surface area contributed by atoms with Gasteiger partial charge in [-0.2, -0.15) is 5.10 Å². The smallest absolute Gasteiger partial charge is 0.347 e. The number of phenols is 1. The molecule has 0 bridgehead atoms. The number of hydrazone groups is 1. The number of benzene rings is 1. The molecule has 0 aromatic heterocycles. The SMILES string of the molecule is CN1CCN(CCCCN2C(=O)CN(/N=C3\CCOc4ccc(O)cc43)C2=O)CC1. The summed E-state index contributed by atoms with van der Waals surface area (Å²) in [6.45, 7) is 6.14. The highest BCUT2D eigenvalue weighted by Gasteiger charge is 2.36. The van der Waals surface area contributed by atoms with Gasteiger partial charge in [-0.3, -0.25) is 9.69 Å². The Morgan fingerprint density at radius 2 is 1.87 bits per heavy atom. The highest BCUT2D eigenvalue weighted by molar-refractivity contribution is 6.06. The molecule has 0 spiro atoms. The first kappa shape index (κ1) is 20.6. The Kier molecular flexibility index (Phi) is 6.19. The van der Waals surface area contributed by atoms with Gasteiger partial charge >= 0.3 is 6.03 Å². The number of nitrogens with zero attached hydrogens (tertiary/aromatic N) is 5. The van der Waals surface area contributed by atoms with Gasteiger partial charge in [0, 0.05) is 44.7 Å². The molecule has 2 fully saturated rings. The van der Waals surface area contributed by atoms with Crippen molar-refractivity contribution in [3.63, 3.8) is 0 Å². The molecule has 1 aromatic carbocycles. The Balaban J connectivity index is 1.32. The molecular weight excluding hydrogens is 386 g/mol. The monoisotopic (exact) mass is 415 g/mol. The number of phenolic OH excluding ortho intramolecular Hbond substituents is 1. The summed E-state index contributed by atoms with van der Waals surface area (Å²) >= 11 is 0. The number of hydrogen-bond acceptors (Lipinski definition) is 7. The molecule has 0 atom stereocenters.